The number of anilines is 1. The van der Waals surface area contributed by atoms with E-state index >= 15 is 0 Å². The minimum atomic E-state index is -1.91. The van der Waals surface area contributed by atoms with Crippen molar-refractivity contribution >= 4 is 97.9 Å². The molecule has 26 nitrogen and oxygen atoms in total. The standard InChI is InChI=1S/C56H70ClN13O13S2/c57-32-12-4-28(5-13-32)23-37(60)50(77)68-42-27-84-85-47-45(56(83)65-39(48(62)75)24-30-8-16-34(71)17-9-30)70-55(82)44(46(47)74)69-51(78)38(3-1-2-22-58)64-52(79)40(66-53(80)41(67-54(42)81)26-31-10-18-35(72)19-11-31)25-29-6-14-33(15-7-29)63-49(76)36(59)20-21-43(61)73/h4-19,36-42,44-47,71-72,74H,1-3,20-27,58-60H2,(H2,61,73)(H2,62,75)(H,63,76)(H,64,79)(H,65,83)(H,66,80)(H,67,81)(H,68,77)(H,69,78)(H,70,82)/t36-,37-,38-,39+,40+,41-,42+,44-,45-,46-,47?/m0/s1. The third kappa shape index (κ3) is 20.1. The summed E-state index contributed by atoms with van der Waals surface area (Å²) in [5.41, 5.74) is 31.3. The van der Waals surface area contributed by atoms with E-state index < -0.39 is 125 Å². The van der Waals surface area contributed by atoms with Crippen LogP contribution in [0.15, 0.2) is 97.1 Å². The number of hydrogen-bond donors (Lipinski definition) is 16. The Morgan fingerprint density at radius 1 is 0.635 bits per heavy atom. The molecule has 21 N–H and O–H groups in total. The van der Waals surface area contributed by atoms with Crippen molar-refractivity contribution in [2.45, 2.75) is 124 Å². The van der Waals surface area contributed by atoms with Crippen LogP contribution in [-0.4, -0.2) is 152 Å². The summed E-state index contributed by atoms with van der Waals surface area (Å²) >= 11 is 6.08. The van der Waals surface area contributed by atoms with Crippen LogP contribution in [0.25, 0.3) is 0 Å². The molecule has 0 aromatic heterocycles. The number of carbonyl (C=O) groups is 10. The Labute approximate surface area is 501 Å². The smallest absolute Gasteiger partial charge is 0.246 e. The normalized spacial score (nSPS) is 22.4. The number of carbonyl (C=O) groups excluding carboxylic acids is 10. The van der Waals surface area contributed by atoms with Crippen LogP contribution in [0.3, 0.4) is 0 Å². The van der Waals surface area contributed by atoms with E-state index in [0.29, 0.717) is 33.7 Å². The van der Waals surface area contributed by atoms with Crippen molar-refractivity contribution in [1.29, 1.82) is 0 Å². The van der Waals surface area contributed by atoms with E-state index in [4.69, 9.17) is 40.3 Å². The lowest BCUT2D eigenvalue weighted by molar-refractivity contribution is -0.140. The monoisotopic (exact) mass is 1230 g/mol. The van der Waals surface area contributed by atoms with Gasteiger partial charge in [-0.15, -0.1) is 0 Å². The molecule has 0 aliphatic carbocycles. The number of phenolic OH excluding ortho intramolecular Hbond substituents is 2. The van der Waals surface area contributed by atoms with Gasteiger partial charge in [0.05, 0.1) is 23.4 Å². The summed E-state index contributed by atoms with van der Waals surface area (Å²) < 4.78 is 0. The second kappa shape index (κ2) is 31.8. The molecule has 2 aliphatic heterocycles. The van der Waals surface area contributed by atoms with Gasteiger partial charge in [-0.2, -0.15) is 0 Å². The highest BCUT2D eigenvalue weighted by molar-refractivity contribution is 8.77. The van der Waals surface area contributed by atoms with Gasteiger partial charge in [0.25, 0.3) is 0 Å². The molecular formula is C56H70ClN13O13S2. The van der Waals surface area contributed by atoms with Gasteiger partial charge in [-0.25, -0.2) is 0 Å². The van der Waals surface area contributed by atoms with Gasteiger partial charge in [-0.05, 0) is 109 Å². The molecule has 2 aliphatic rings. The lowest BCUT2D eigenvalue weighted by atomic mass is 9.94. The van der Waals surface area contributed by atoms with E-state index in [-0.39, 0.29) is 80.9 Å². The number of aliphatic hydroxyl groups excluding tert-OH is 1. The molecule has 0 radical (unpaired) electrons. The van der Waals surface area contributed by atoms with Crippen LogP contribution in [-0.2, 0) is 73.6 Å². The van der Waals surface area contributed by atoms with Gasteiger partial charge >= 0.3 is 0 Å². The van der Waals surface area contributed by atoms with Crippen LogP contribution < -0.4 is 71.2 Å². The molecule has 2 fully saturated rings. The topological polar surface area (TPSA) is 458 Å². The largest absolute Gasteiger partial charge is 0.508 e. The second-order valence-electron chi connectivity index (χ2n) is 20.5. The molecule has 85 heavy (non-hydrogen) atoms. The minimum absolute atomic E-state index is 0.0106. The molecule has 10 amide bonds. The zero-order chi connectivity index (χ0) is 61.9. The fourth-order valence-electron chi connectivity index (χ4n) is 9.05. The van der Waals surface area contributed by atoms with E-state index in [1.54, 1.807) is 24.3 Å². The number of amides is 10. The maximum absolute atomic E-state index is 14.9. The third-order valence-electron chi connectivity index (χ3n) is 13.9. The molecule has 0 spiro atoms. The predicted octanol–water partition coefficient (Wildman–Crippen LogP) is -1.97. The van der Waals surface area contributed by atoms with E-state index in [1.807, 2.05) is 0 Å². The van der Waals surface area contributed by atoms with E-state index in [0.717, 1.165) is 21.6 Å². The van der Waals surface area contributed by atoms with Gasteiger partial charge in [0.2, 0.25) is 59.1 Å². The maximum Gasteiger partial charge on any atom is 0.246 e. The Balaban J connectivity index is 1.39. The minimum Gasteiger partial charge on any atom is -0.508 e. The molecule has 2 heterocycles. The number of benzene rings is 4. The molecule has 2 bridgehead atoms. The highest BCUT2D eigenvalue weighted by Gasteiger charge is 2.49. The van der Waals surface area contributed by atoms with Crippen molar-refractivity contribution in [3.8, 4) is 11.5 Å². The number of primary amides is 2. The first-order valence-corrected chi connectivity index (χ1v) is 29.8. The molecule has 456 valence electrons. The Morgan fingerprint density at radius 2 is 1.16 bits per heavy atom. The number of fused-ring (bicyclic) bond motifs is 2. The second-order valence-corrected chi connectivity index (χ2v) is 23.5. The quantitative estimate of drug-likeness (QED) is 0.0300. The maximum atomic E-state index is 14.9. The fraction of sp³-hybridized carbons (Fsp3) is 0.393. The number of nitrogens with one attached hydrogen (secondary N) is 8. The molecule has 4 aromatic rings. The number of piperidine rings is 1. The first-order chi connectivity index (χ1) is 40.5. The SMILES string of the molecule is NCCCC[C@@H]1NC(=O)[C@@H](Cc2ccc(NC(=O)[C@@H](N)CCC(N)=O)cc2)NC(=O)[C@H](Cc2ccc(O)cc2)NC(=O)[C@H](NC(=O)[C@@H](N)Cc2ccc(Cl)cc2)CSSC2[C@@H](C(=O)N[C@H](Cc3ccc(O)cc3)C(N)=O)NC(=O)[C@@H](NC1=O)[C@@H]2O. The average Bonchev–Trinajstić information content (AvgIpc) is 3.39. The summed E-state index contributed by atoms with van der Waals surface area (Å²) in [6.07, 6.45) is -2.18. The number of aromatic hydroxyl groups is 2. The van der Waals surface area contributed by atoms with E-state index in [9.17, 15) is 63.3 Å². The fourth-order valence-corrected chi connectivity index (χ4v) is 12.2. The summed E-state index contributed by atoms with van der Waals surface area (Å²) in [5.74, 6) is -9.36. The Morgan fingerprint density at radius 3 is 1.74 bits per heavy atom. The average molecular weight is 1230 g/mol. The molecule has 11 atom stereocenters. The van der Waals surface area contributed by atoms with Crippen molar-refractivity contribution in [3.63, 3.8) is 0 Å². The zero-order valence-corrected chi connectivity index (χ0v) is 48.3. The third-order valence-corrected chi connectivity index (χ3v) is 17.0. The number of halogens is 1. The molecule has 6 rings (SSSR count). The summed E-state index contributed by atoms with van der Waals surface area (Å²) in [4.78, 5) is 138. The number of phenols is 2. The highest BCUT2D eigenvalue weighted by Crippen LogP contribution is 2.35. The van der Waals surface area contributed by atoms with Gasteiger partial charge in [0.15, 0.2) is 0 Å². The summed E-state index contributed by atoms with van der Waals surface area (Å²) in [6.45, 7) is 0.195. The number of nitrogens with two attached hydrogens (primary N) is 5. The van der Waals surface area contributed by atoms with Gasteiger partial charge in [-0.1, -0.05) is 81.7 Å². The van der Waals surface area contributed by atoms with Crippen molar-refractivity contribution in [2.24, 2.45) is 28.7 Å². The van der Waals surface area contributed by atoms with Gasteiger partial charge in [-0.3, -0.25) is 47.9 Å². The number of unbranched alkanes of at least 4 members (excludes halogenated alkanes) is 1. The van der Waals surface area contributed by atoms with Crippen molar-refractivity contribution in [3.05, 3.63) is 124 Å². The Kier molecular flexibility index (Phi) is 24.7. The number of hydrogen-bond acceptors (Lipinski definition) is 18. The highest BCUT2D eigenvalue weighted by atomic mass is 35.5. The van der Waals surface area contributed by atoms with Crippen LogP contribution in [0, 0.1) is 0 Å². The summed E-state index contributed by atoms with van der Waals surface area (Å²) in [5, 5.41) is 52.2. The van der Waals surface area contributed by atoms with Crippen molar-refractivity contribution in [2.75, 3.05) is 17.6 Å². The predicted molar refractivity (Wildman–Crippen MR) is 317 cm³/mol. The van der Waals surface area contributed by atoms with Crippen molar-refractivity contribution in [1.82, 2.24) is 37.2 Å². The molecule has 29 heteroatoms. The molecule has 4 aromatic carbocycles. The van der Waals surface area contributed by atoms with Crippen LogP contribution in [0.1, 0.15) is 54.4 Å². The van der Waals surface area contributed by atoms with Crippen LogP contribution in [0.4, 0.5) is 5.69 Å². The van der Waals surface area contributed by atoms with Crippen LogP contribution in [0.5, 0.6) is 11.5 Å². The first kappa shape index (κ1) is 66.2. The van der Waals surface area contributed by atoms with Crippen LogP contribution >= 0.6 is 33.2 Å². The molecular weight excluding hydrogens is 1160 g/mol. The van der Waals surface area contributed by atoms with Crippen LogP contribution in [0.2, 0.25) is 5.02 Å². The summed E-state index contributed by atoms with van der Waals surface area (Å²) in [7, 11) is 1.63. The molecule has 1 unspecified atom stereocenters. The van der Waals surface area contributed by atoms with Gasteiger partial charge in [0, 0.05) is 42.1 Å². The zero-order valence-electron chi connectivity index (χ0n) is 45.9. The molecule has 2 saturated heterocycles. The lowest BCUT2D eigenvalue weighted by Crippen LogP contribution is -2.71. The van der Waals surface area contributed by atoms with Gasteiger partial charge < -0.3 is 86.5 Å². The summed E-state index contributed by atoms with van der Waals surface area (Å²) in [6, 6.07) is 10.8. The molecule has 0 saturated carbocycles. The lowest BCUT2D eigenvalue weighted by Gasteiger charge is -2.40. The van der Waals surface area contributed by atoms with Crippen molar-refractivity contribution < 1.29 is 63.3 Å². The number of aliphatic hydroxyl groups is 1. The van der Waals surface area contributed by atoms with E-state index in [2.05, 4.69) is 42.5 Å². The number of rotatable bonds is 22. The Hall–Kier alpha value is -7.99. The first-order valence-electron chi connectivity index (χ1n) is 27.1. The Bertz CT molecular complexity index is 3020. The van der Waals surface area contributed by atoms with E-state index in [1.165, 1.54) is 72.8 Å². The van der Waals surface area contributed by atoms with Gasteiger partial charge in [0.1, 0.15) is 53.8 Å².